The van der Waals surface area contributed by atoms with Crippen LogP contribution in [0.4, 0.5) is 0 Å². The van der Waals surface area contributed by atoms with E-state index in [-0.39, 0.29) is 12.0 Å². The Kier molecular flexibility index (Phi) is 5.18. The van der Waals surface area contributed by atoms with Gasteiger partial charge in [-0.05, 0) is 31.3 Å². The quantitative estimate of drug-likeness (QED) is 0.658. The van der Waals surface area contributed by atoms with E-state index in [1.54, 1.807) is 13.0 Å². The van der Waals surface area contributed by atoms with Gasteiger partial charge in [0.05, 0.1) is 6.10 Å². The second-order valence-electron chi connectivity index (χ2n) is 3.86. The second kappa shape index (κ2) is 5.33. The van der Waals surface area contributed by atoms with Crippen molar-refractivity contribution in [2.75, 3.05) is 6.61 Å². The minimum Gasteiger partial charge on any atom is -0.396 e. The van der Waals surface area contributed by atoms with Crippen LogP contribution in [-0.4, -0.2) is 22.9 Å². The highest BCUT2D eigenvalue weighted by Gasteiger charge is 2.19. The van der Waals surface area contributed by atoms with Crippen LogP contribution in [0, 0.1) is 11.5 Å². The number of allylic oxidation sites excluding steroid dienone is 1. The minimum absolute atomic E-state index is 0.00150. The standard InChI is InChI=1S/C10H19O2/c1-4-5-9(12)8-10(2,3)6-7-11/h5,9,11-12H,6-8H2,1-3H3. The Balaban J connectivity index is 3.87. The Hall–Kier alpha value is -0.340. The monoisotopic (exact) mass is 171 g/mol. The molecule has 2 N–H and O–H groups in total. The molecule has 0 spiro atoms. The fraction of sp³-hybridized carbons (Fsp3) is 0.800. The molecule has 0 saturated carbocycles. The third-order valence-electron chi connectivity index (χ3n) is 1.91. The molecule has 0 heterocycles. The molecule has 0 aliphatic heterocycles. The number of hydrogen-bond acceptors (Lipinski definition) is 2. The van der Waals surface area contributed by atoms with E-state index in [0.717, 1.165) is 6.42 Å². The molecule has 2 heteroatoms. The summed E-state index contributed by atoms with van der Waals surface area (Å²) in [7, 11) is 0. The highest BCUT2D eigenvalue weighted by Crippen LogP contribution is 2.26. The average Bonchev–Trinajstić information content (AvgIpc) is 1.85. The summed E-state index contributed by atoms with van der Waals surface area (Å²) in [6, 6.07) is 0. The Morgan fingerprint density at radius 1 is 1.50 bits per heavy atom. The zero-order chi connectivity index (χ0) is 9.61. The van der Waals surface area contributed by atoms with E-state index in [0.29, 0.717) is 6.42 Å². The second-order valence-corrected chi connectivity index (χ2v) is 3.86. The van der Waals surface area contributed by atoms with E-state index < -0.39 is 6.10 Å². The van der Waals surface area contributed by atoms with Gasteiger partial charge in [-0.2, -0.15) is 0 Å². The van der Waals surface area contributed by atoms with Crippen LogP contribution in [-0.2, 0) is 0 Å². The maximum absolute atomic E-state index is 9.41. The van der Waals surface area contributed by atoms with Crippen molar-refractivity contribution in [2.24, 2.45) is 5.41 Å². The van der Waals surface area contributed by atoms with Gasteiger partial charge in [-0.25, -0.2) is 0 Å². The summed E-state index contributed by atoms with van der Waals surface area (Å²) < 4.78 is 0. The van der Waals surface area contributed by atoms with Crippen molar-refractivity contribution in [3.63, 3.8) is 0 Å². The molecule has 0 rings (SSSR count). The first kappa shape index (κ1) is 11.7. The molecule has 0 aromatic carbocycles. The molecule has 71 valence electrons. The van der Waals surface area contributed by atoms with Crippen molar-refractivity contribution < 1.29 is 10.2 Å². The maximum Gasteiger partial charge on any atom is 0.0731 e. The summed E-state index contributed by atoms with van der Waals surface area (Å²) in [5.74, 6) is 0. The fourth-order valence-electron chi connectivity index (χ4n) is 1.22. The molecule has 1 atom stereocenters. The maximum atomic E-state index is 9.41. The summed E-state index contributed by atoms with van der Waals surface area (Å²) in [6.45, 7) is 6.02. The van der Waals surface area contributed by atoms with E-state index in [4.69, 9.17) is 5.11 Å². The zero-order valence-electron chi connectivity index (χ0n) is 8.17. The van der Waals surface area contributed by atoms with Gasteiger partial charge in [0, 0.05) is 6.61 Å². The van der Waals surface area contributed by atoms with E-state index >= 15 is 0 Å². The largest absolute Gasteiger partial charge is 0.396 e. The molecule has 12 heavy (non-hydrogen) atoms. The average molecular weight is 171 g/mol. The van der Waals surface area contributed by atoms with Gasteiger partial charge in [0.1, 0.15) is 0 Å². The van der Waals surface area contributed by atoms with Crippen molar-refractivity contribution in [3.8, 4) is 0 Å². The first-order valence-electron chi connectivity index (χ1n) is 4.31. The molecular weight excluding hydrogens is 152 g/mol. The molecule has 0 aromatic rings. The van der Waals surface area contributed by atoms with Gasteiger partial charge in [0.25, 0.3) is 0 Å². The van der Waals surface area contributed by atoms with Gasteiger partial charge < -0.3 is 10.2 Å². The zero-order valence-corrected chi connectivity index (χ0v) is 8.17. The smallest absolute Gasteiger partial charge is 0.0731 e. The highest BCUT2D eigenvalue weighted by atomic mass is 16.3. The third kappa shape index (κ3) is 5.33. The van der Waals surface area contributed by atoms with Gasteiger partial charge in [-0.15, -0.1) is 0 Å². The van der Waals surface area contributed by atoms with Crippen LogP contribution in [0.15, 0.2) is 6.08 Å². The Bertz CT molecular complexity index is 139. The molecule has 0 aromatic heterocycles. The molecule has 0 bridgehead atoms. The van der Waals surface area contributed by atoms with Crippen LogP contribution in [0.25, 0.3) is 0 Å². The lowest BCUT2D eigenvalue weighted by atomic mass is 9.83. The van der Waals surface area contributed by atoms with Crippen LogP contribution >= 0.6 is 0 Å². The molecule has 1 unspecified atom stereocenters. The summed E-state index contributed by atoms with van der Waals surface area (Å²) in [5, 5.41) is 18.1. The highest BCUT2D eigenvalue weighted by molar-refractivity contribution is 4.85. The van der Waals surface area contributed by atoms with Crippen LogP contribution in [0.1, 0.15) is 33.6 Å². The predicted octanol–water partition coefficient (Wildman–Crippen LogP) is 1.53. The van der Waals surface area contributed by atoms with Crippen LogP contribution < -0.4 is 0 Å². The number of aliphatic hydroxyl groups is 2. The van der Waals surface area contributed by atoms with Crippen molar-refractivity contribution in [2.45, 2.75) is 39.7 Å². The topological polar surface area (TPSA) is 40.5 Å². The lowest BCUT2D eigenvalue weighted by Gasteiger charge is -2.25. The molecule has 0 aliphatic carbocycles. The van der Waals surface area contributed by atoms with Crippen molar-refractivity contribution >= 4 is 0 Å². The number of aliphatic hydroxyl groups excluding tert-OH is 2. The molecule has 2 nitrogen and oxygen atoms in total. The van der Waals surface area contributed by atoms with Gasteiger partial charge in [0.15, 0.2) is 0 Å². The molecular formula is C10H19O2. The molecule has 0 saturated heterocycles. The van der Waals surface area contributed by atoms with E-state index in [2.05, 4.69) is 6.08 Å². The first-order valence-corrected chi connectivity index (χ1v) is 4.31. The lowest BCUT2D eigenvalue weighted by Crippen LogP contribution is -2.20. The lowest BCUT2D eigenvalue weighted by molar-refractivity contribution is 0.126. The Morgan fingerprint density at radius 3 is 2.50 bits per heavy atom. The van der Waals surface area contributed by atoms with Gasteiger partial charge in [0.2, 0.25) is 0 Å². The SMILES string of the molecule is C[C]=CC(O)CC(C)(C)CCO. The van der Waals surface area contributed by atoms with E-state index in [1.165, 1.54) is 0 Å². The summed E-state index contributed by atoms with van der Waals surface area (Å²) >= 11 is 0. The van der Waals surface area contributed by atoms with E-state index in [9.17, 15) is 5.11 Å². The third-order valence-corrected chi connectivity index (χ3v) is 1.91. The summed E-state index contributed by atoms with van der Waals surface area (Å²) in [4.78, 5) is 0. The van der Waals surface area contributed by atoms with Gasteiger partial charge in [-0.3, -0.25) is 0 Å². The summed E-state index contributed by atoms with van der Waals surface area (Å²) in [5.41, 5.74) is 0.00150. The summed E-state index contributed by atoms with van der Waals surface area (Å²) in [6.07, 6.45) is 5.41. The molecule has 0 aliphatic rings. The van der Waals surface area contributed by atoms with Crippen LogP contribution in [0.2, 0.25) is 0 Å². The van der Waals surface area contributed by atoms with Crippen molar-refractivity contribution in [3.05, 3.63) is 12.2 Å². The molecule has 0 amide bonds. The Labute approximate surface area is 74.9 Å². The minimum atomic E-state index is -0.434. The van der Waals surface area contributed by atoms with Gasteiger partial charge >= 0.3 is 0 Å². The van der Waals surface area contributed by atoms with Crippen LogP contribution in [0.3, 0.4) is 0 Å². The number of hydrogen-bond donors (Lipinski definition) is 2. The van der Waals surface area contributed by atoms with Crippen molar-refractivity contribution in [1.82, 2.24) is 0 Å². The molecule has 0 fully saturated rings. The Morgan fingerprint density at radius 2 is 2.08 bits per heavy atom. The normalized spacial score (nSPS) is 15.4. The predicted molar refractivity (Wildman–Crippen MR) is 49.6 cm³/mol. The van der Waals surface area contributed by atoms with E-state index in [1.807, 2.05) is 13.8 Å². The fourth-order valence-corrected chi connectivity index (χ4v) is 1.22. The van der Waals surface area contributed by atoms with Gasteiger partial charge in [-0.1, -0.05) is 19.9 Å². The van der Waals surface area contributed by atoms with Crippen LogP contribution in [0.5, 0.6) is 0 Å². The number of rotatable bonds is 5. The first-order chi connectivity index (χ1) is 5.52. The molecule has 1 radical (unpaired) electrons. The van der Waals surface area contributed by atoms with Crippen molar-refractivity contribution in [1.29, 1.82) is 0 Å².